The molecule has 35 heavy (non-hydrogen) atoms. The van der Waals surface area contributed by atoms with Gasteiger partial charge in [0, 0.05) is 18.8 Å². The maximum Gasteiger partial charge on any atom is 0.314 e. The number of rotatable bonds is 6. The Bertz CT molecular complexity index is 813. The SMILES string of the molecule is COC(=O)[C@]12CCC(O[Si](C)(C)C(C)(C)C)=C(C)[C@@H]1[C@@H](C1(CC3OCCCO3)SCCCS1)OC2. The molecule has 200 valence electrons. The number of thioether (sulfide) groups is 2. The maximum atomic E-state index is 13.4. The zero-order chi connectivity index (χ0) is 25.5. The minimum absolute atomic E-state index is 0.0786. The number of ether oxygens (including phenoxy) is 4. The van der Waals surface area contributed by atoms with Crippen molar-refractivity contribution in [3.05, 3.63) is 11.3 Å². The lowest BCUT2D eigenvalue weighted by Gasteiger charge is -2.48. The monoisotopic (exact) mass is 544 g/mol. The summed E-state index contributed by atoms with van der Waals surface area (Å²) in [4.78, 5) is 13.4. The molecule has 0 spiro atoms. The molecule has 3 saturated heterocycles. The standard InChI is InChI=1S/C26H44O6S2Si/c1-18-19(32-35(6,7)24(2,3)4)10-11-25(23(27)28-5)17-31-22(21(18)25)26(33-14-9-15-34-26)16-20-29-12-8-13-30-20/h20-22H,8-17H2,1-7H3/t21-,22+,25+/m1/s1. The van der Waals surface area contributed by atoms with E-state index >= 15 is 0 Å². The Morgan fingerprint density at radius 2 is 1.77 bits per heavy atom. The molecule has 0 aromatic carbocycles. The Labute approximate surface area is 221 Å². The number of carbonyl (C=O) groups excluding carboxylic acids is 1. The van der Waals surface area contributed by atoms with Crippen molar-refractivity contribution in [1.82, 2.24) is 0 Å². The van der Waals surface area contributed by atoms with Crippen molar-refractivity contribution >= 4 is 37.8 Å². The maximum absolute atomic E-state index is 13.4. The van der Waals surface area contributed by atoms with Crippen LogP contribution in [0, 0.1) is 11.3 Å². The Kier molecular flexibility index (Phi) is 8.37. The summed E-state index contributed by atoms with van der Waals surface area (Å²) in [5, 5.41) is 0.106. The second-order valence-electron chi connectivity index (χ2n) is 11.9. The van der Waals surface area contributed by atoms with Gasteiger partial charge in [0.15, 0.2) is 6.29 Å². The van der Waals surface area contributed by atoms with Gasteiger partial charge in [0.1, 0.15) is 5.41 Å². The average molecular weight is 545 g/mol. The summed E-state index contributed by atoms with van der Waals surface area (Å²) in [6, 6.07) is 0. The summed E-state index contributed by atoms with van der Waals surface area (Å²) in [5.74, 6) is 3.00. The van der Waals surface area contributed by atoms with E-state index in [4.69, 9.17) is 23.4 Å². The van der Waals surface area contributed by atoms with Gasteiger partial charge in [-0.05, 0) is 61.4 Å². The second-order valence-corrected chi connectivity index (χ2v) is 19.8. The molecule has 3 heterocycles. The van der Waals surface area contributed by atoms with E-state index in [1.54, 1.807) is 0 Å². The Hall–Kier alpha value is -0.193. The number of methoxy groups -OCH3 is 1. The van der Waals surface area contributed by atoms with Crippen LogP contribution in [0.25, 0.3) is 0 Å². The molecular formula is C26H44O6S2Si. The number of hydrogen-bond acceptors (Lipinski definition) is 8. The highest BCUT2D eigenvalue weighted by Gasteiger charge is 2.64. The predicted molar refractivity (Wildman–Crippen MR) is 145 cm³/mol. The summed E-state index contributed by atoms with van der Waals surface area (Å²) in [5.41, 5.74) is 0.509. The molecule has 9 heteroatoms. The van der Waals surface area contributed by atoms with Crippen LogP contribution in [0.3, 0.4) is 0 Å². The number of allylic oxidation sites excluding steroid dienone is 1. The van der Waals surface area contributed by atoms with Gasteiger partial charge in [-0.2, -0.15) is 0 Å². The van der Waals surface area contributed by atoms with Crippen molar-refractivity contribution in [2.45, 2.75) is 94.4 Å². The first-order valence-corrected chi connectivity index (χ1v) is 17.9. The van der Waals surface area contributed by atoms with E-state index in [-0.39, 0.29) is 33.4 Å². The molecule has 0 amide bonds. The van der Waals surface area contributed by atoms with E-state index in [0.29, 0.717) is 13.0 Å². The molecule has 0 saturated carbocycles. The lowest BCUT2D eigenvalue weighted by atomic mass is 9.65. The summed E-state index contributed by atoms with van der Waals surface area (Å²) in [6.07, 6.45) is 3.96. The highest BCUT2D eigenvalue weighted by atomic mass is 32.2. The molecule has 3 aliphatic heterocycles. The third-order valence-corrected chi connectivity index (χ3v) is 16.5. The Balaban J connectivity index is 1.73. The van der Waals surface area contributed by atoms with Crippen molar-refractivity contribution in [3.8, 4) is 0 Å². The average Bonchev–Trinajstić information content (AvgIpc) is 3.23. The molecule has 0 aromatic heterocycles. The molecule has 0 N–H and O–H groups in total. The molecule has 3 fully saturated rings. The van der Waals surface area contributed by atoms with Gasteiger partial charge < -0.3 is 23.4 Å². The zero-order valence-electron chi connectivity index (χ0n) is 22.6. The highest BCUT2D eigenvalue weighted by molar-refractivity contribution is 8.18. The first-order valence-electron chi connectivity index (χ1n) is 13.1. The predicted octanol–water partition coefficient (Wildman–Crippen LogP) is 5.97. The molecule has 1 aliphatic carbocycles. The van der Waals surface area contributed by atoms with Crippen LogP contribution >= 0.6 is 23.5 Å². The van der Waals surface area contributed by atoms with Crippen LogP contribution in [-0.2, 0) is 28.2 Å². The fraction of sp³-hybridized carbons (Fsp3) is 0.885. The lowest BCUT2D eigenvalue weighted by molar-refractivity contribution is -0.184. The Morgan fingerprint density at radius 1 is 1.11 bits per heavy atom. The van der Waals surface area contributed by atoms with E-state index in [9.17, 15) is 4.79 Å². The topological polar surface area (TPSA) is 63.2 Å². The van der Waals surface area contributed by atoms with Gasteiger partial charge >= 0.3 is 5.97 Å². The third-order valence-electron chi connectivity index (χ3n) is 8.66. The van der Waals surface area contributed by atoms with E-state index in [1.165, 1.54) is 19.1 Å². The molecule has 4 rings (SSSR count). The van der Waals surface area contributed by atoms with Crippen LogP contribution < -0.4 is 0 Å². The van der Waals surface area contributed by atoms with Crippen LogP contribution in [0.15, 0.2) is 11.3 Å². The molecule has 3 atom stereocenters. The van der Waals surface area contributed by atoms with Crippen LogP contribution in [-0.4, -0.2) is 69.2 Å². The number of esters is 1. The molecule has 4 aliphatic rings. The lowest BCUT2D eigenvalue weighted by Crippen LogP contribution is -2.51. The first kappa shape index (κ1) is 27.8. The zero-order valence-corrected chi connectivity index (χ0v) is 25.2. The molecule has 0 radical (unpaired) electrons. The summed E-state index contributed by atoms with van der Waals surface area (Å²) < 4.78 is 30.8. The van der Waals surface area contributed by atoms with Crippen molar-refractivity contribution in [1.29, 1.82) is 0 Å². The summed E-state index contributed by atoms with van der Waals surface area (Å²) in [7, 11) is -0.513. The van der Waals surface area contributed by atoms with Gasteiger partial charge in [0.25, 0.3) is 0 Å². The Morgan fingerprint density at radius 3 is 2.37 bits per heavy atom. The van der Waals surface area contributed by atoms with Gasteiger partial charge in [-0.3, -0.25) is 4.79 Å². The van der Waals surface area contributed by atoms with Crippen LogP contribution in [0.5, 0.6) is 0 Å². The highest BCUT2D eigenvalue weighted by Crippen LogP contribution is 2.61. The molecule has 6 nitrogen and oxygen atoms in total. The van der Waals surface area contributed by atoms with Crippen molar-refractivity contribution in [2.75, 3.05) is 38.4 Å². The molecule has 0 unspecified atom stereocenters. The largest absolute Gasteiger partial charge is 0.547 e. The van der Waals surface area contributed by atoms with Crippen LogP contribution in [0.4, 0.5) is 0 Å². The van der Waals surface area contributed by atoms with Gasteiger partial charge in [0.05, 0.1) is 42.9 Å². The minimum Gasteiger partial charge on any atom is -0.547 e. The van der Waals surface area contributed by atoms with Gasteiger partial charge in [-0.1, -0.05) is 20.8 Å². The molecular weight excluding hydrogens is 501 g/mol. The van der Waals surface area contributed by atoms with E-state index in [2.05, 4.69) is 40.8 Å². The van der Waals surface area contributed by atoms with Crippen molar-refractivity contribution in [3.63, 3.8) is 0 Å². The fourth-order valence-corrected chi connectivity index (χ4v) is 10.3. The number of hydrogen-bond donors (Lipinski definition) is 0. The summed E-state index contributed by atoms with van der Waals surface area (Å²) >= 11 is 3.93. The fourth-order valence-electron chi connectivity index (χ4n) is 5.63. The summed E-state index contributed by atoms with van der Waals surface area (Å²) in [6.45, 7) is 15.4. The van der Waals surface area contributed by atoms with E-state index in [1.807, 2.05) is 23.5 Å². The smallest absolute Gasteiger partial charge is 0.314 e. The van der Waals surface area contributed by atoms with Crippen LogP contribution in [0.2, 0.25) is 18.1 Å². The van der Waals surface area contributed by atoms with E-state index < -0.39 is 13.7 Å². The van der Waals surface area contributed by atoms with Gasteiger partial charge in [0.2, 0.25) is 8.32 Å². The quantitative estimate of drug-likeness (QED) is 0.299. The van der Waals surface area contributed by atoms with E-state index in [0.717, 1.165) is 49.7 Å². The minimum atomic E-state index is -2.02. The molecule has 0 aromatic rings. The molecule has 0 bridgehead atoms. The van der Waals surface area contributed by atoms with Crippen LogP contribution in [0.1, 0.15) is 59.8 Å². The first-order chi connectivity index (χ1) is 16.5. The van der Waals surface area contributed by atoms with Gasteiger partial charge in [-0.25, -0.2) is 0 Å². The normalized spacial score (nSPS) is 32.3. The van der Waals surface area contributed by atoms with Gasteiger partial charge in [-0.15, -0.1) is 23.5 Å². The van der Waals surface area contributed by atoms with Crippen molar-refractivity contribution in [2.24, 2.45) is 11.3 Å². The number of fused-ring (bicyclic) bond motifs is 1. The third kappa shape index (κ3) is 5.24. The van der Waals surface area contributed by atoms with Crippen molar-refractivity contribution < 1.29 is 28.2 Å². The number of carbonyl (C=O) groups is 1. The second kappa shape index (κ2) is 10.5.